The third kappa shape index (κ3) is 1.57. The van der Waals surface area contributed by atoms with Crippen LogP contribution in [0.25, 0.3) is 0 Å². The number of benzene rings is 1. The van der Waals surface area contributed by atoms with Gasteiger partial charge in [-0.05, 0) is 12.1 Å². The van der Waals surface area contributed by atoms with Gasteiger partial charge in [-0.15, -0.1) is 0 Å². The fourth-order valence-electron chi connectivity index (χ4n) is 0.577. The topological polar surface area (TPSA) is 38.4 Å². The molecule has 0 unspecified atom stereocenters. The van der Waals surface area contributed by atoms with Crippen LogP contribution in [0.4, 0.5) is 5.69 Å². The zero-order valence-electron chi connectivity index (χ0n) is 5.91. The fraction of sp³-hybridized carbons (Fsp3) is 0. The van der Waals surface area contributed by atoms with Crippen LogP contribution in [0.2, 0.25) is 0 Å². The Bertz CT molecular complexity index is 227. The zero-order chi connectivity index (χ0) is 7.40. The van der Waals surface area contributed by atoms with Gasteiger partial charge in [0, 0.05) is 0 Å². The van der Waals surface area contributed by atoms with Crippen LogP contribution >= 0.6 is 0 Å². The molecule has 2 N–H and O–H groups in total. The Morgan fingerprint density at radius 2 is 2.11 bits per heavy atom. The van der Waals surface area contributed by atoms with Crippen LogP contribution < -0.4 is 5.73 Å². The average molecular weight is 121 g/mol. The Hall–Kier alpha value is -1.31. The Balaban J connectivity index is 2.87. The van der Waals surface area contributed by atoms with Crippen molar-refractivity contribution < 1.29 is 1.37 Å². The molecule has 2 nitrogen and oxygen atoms in total. The van der Waals surface area contributed by atoms with Crippen molar-refractivity contribution in [2.45, 2.75) is 0 Å². The second kappa shape index (κ2) is 2.87. The minimum atomic E-state index is -0.161. The maximum Gasteiger partial charge on any atom is 0.104 e. The van der Waals surface area contributed by atoms with Gasteiger partial charge in [-0.3, -0.25) is 0 Å². The number of hydrogen-bond donors (Lipinski definition) is 1. The largest absolute Gasteiger partial charge is 0.390 e. The quantitative estimate of drug-likeness (QED) is 0.441. The maximum atomic E-state index is 6.84. The van der Waals surface area contributed by atoms with Crippen LogP contribution in [0.15, 0.2) is 35.3 Å². The highest BCUT2D eigenvalue weighted by Gasteiger charge is 1.78. The van der Waals surface area contributed by atoms with E-state index in [-0.39, 0.29) is 6.31 Å². The Kier molecular flexibility index (Phi) is 1.45. The van der Waals surface area contributed by atoms with Crippen LogP contribution in [0.1, 0.15) is 1.37 Å². The summed E-state index contributed by atoms with van der Waals surface area (Å²) in [6.45, 7) is 0. The Labute approximate surface area is 55.4 Å². The van der Waals surface area contributed by atoms with Crippen molar-refractivity contribution in [3.63, 3.8) is 0 Å². The molecule has 0 heterocycles. The monoisotopic (exact) mass is 121 g/mol. The molecule has 2 heteroatoms. The molecular weight excluding hydrogens is 112 g/mol. The number of aliphatic imine (C=N–C) groups is 1. The summed E-state index contributed by atoms with van der Waals surface area (Å²) < 4.78 is 6.84. The highest BCUT2D eigenvalue weighted by atomic mass is 14.8. The van der Waals surface area contributed by atoms with Gasteiger partial charge in [-0.1, -0.05) is 18.2 Å². The van der Waals surface area contributed by atoms with Crippen LogP contribution in [-0.2, 0) is 0 Å². The van der Waals surface area contributed by atoms with E-state index in [0.29, 0.717) is 0 Å². The maximum absolute atomic E-state index is 6.84. The molecule has 0 bridgehead atoms. The summed E-state index contributed by atoms with van der Waals surface area (Å²) in [6, 6.07) is 9.17. The summed E-state index contributed by atoms with van der Waals surface area (Å²) in [4.78, 5) is 3.72. The third-order valence-electron chi connectivity index (χ3n) is 0.950. The molecule has 0 saturated carbocycles. The summed E-state index contributed by atoms with van der Waals surface area (Å²) in [7, 11) is 0. The Morgan fingerprint density at radius 3 is 2.67 bits per heavy atom. The van der Waals surface area contributed by atoms with Gasteiger partial charge in [0.15, 0.2) is 0 Å². The molecule has 1 rings (SSSR count). The first-order chi connectivity index (χ1) is 4.79. The van der Waals surface area contributed by atoms with Crippen LogP contribution in [0.5, 0.6) is 0 Å². The van der Waals surface area contributed by atoms with E-state index < -0.39 is 0 Å². The molecular formula is C7H8N2. The molecule has 0 radical (unpaired) electrons. The van der Waals surface area contributed by atoms with Gasteiger partial charge in [-0.2, -0.15) is 0 Å². The molecule has 0 aliphatic heterocycles. The molecule has 9 heavy (non-hydrogen) atoms. The average Bonchev–Trinajstić information content (AvgIpc) is 1.88. The molecule has 0 amide bonds. The zero-order valence-corrected chi connectivity index (χ0v) is 4.91. The normalized spacial score (nSPS) is 12.9. The lowest BCUT2D eigenvalue weighted by atomic mass is 10.3. The van der Waals surface area contributed by atoms with Crippen molar-refractivity contribution in [2.24, 2.45) is 10.7 Å². The molecule has 1 aromatic rings. The predicted octanol–water partition coefficient (Wildman–Crippen LogP) is 1.31. The first kappa shape index (κ1) is 4.56. The van der Waals surface area contributed by atoms with E-state index in [9.17, 15) is 0 Å². The van der Waals surface area contributed by atoms with Crippen molar-refractivity contribution in [1.29, 1.82) is 0 Å². The molecule has 0 fully saturated rings. The van der Waals surface area contributed by atoms with Crippen LogP contribution in [-0.4, -0.2) is 6.31 Å². The van der Waals surface area contributed by atoms with Gasteiger partial charge in [0.05, 0.1) is 12.0 Å². The fourth-order valence-corrected chi connectivity index (χ4v) is 0.577. The number of nitrogens with two attached hydrogens (primary N) is 1. The van der Waals surface area contributed by atoms with Crippen molar-refractivity contribution >= 4 is 12.0 Å². The van der Waals surface area contributed by atoms with E-state index in [2.05, 4.69) is 4.99 Å². The summed E-state index contributed by atoms with van der Waals surface area (Å²) in [5, 5.41) is 0. The van der Waals surface area contributed by atoms with Crippen molar-refractivity contribution in [3.05, 3.63) is 30.3 Å². The molecule has 0 aliphatic rings. The van der Waals surface area contributed by atoms with Gasteiger partial charge in [0.1, 0.15) is 1.37 Å². The van der Waals surface area contributed by atoms with Crippen molar-refractivity contribution in [1.82, 2.24) is 0 Å². The Morgan fingerprint density at radius 1 is 1.44 bits per heavy atom. The van der Waals surface area contributed by atoms with E-state index in [0.717, 1.165) is 5.69 Å². The molecule has 0 saturated heterocycles. The molecule has 46 valence electrons. The van der Waals surface area contributed by atoms with E-state index >= 15 is 0 Å². The van der Waals surface area contributed by atoms with E-state index in [4.69, 9.17) is 7.10 Å². The summed E-state index contributed by atoms with van der Waals surface area (Å²) in [5.41, 5.74) is 5.76. The van der Waals surface area contributed by atoms with E-state index in [1.807, 2.05) is 18.2 Å². The number of hydrogen-bond acceptors (Lipinski definition) is 1. The molecule has 0 spiro atoms. The number of rotatable bonds is 1. The molecule has 0 aromatic heterocycles. The predicted molar refractivity (Wildman–Crippen MR) is 38.8 cm³/mol. The molecule has 0 aliphatic carbocycles. The minimum Gasteiger partial charge on any atom is -0.390 e. The number of nitrogens with zero attached hydrogens (tertiary/aromatic N) is 1. The third-order valence-corrected chi connectivity index (χ3v) is 0.950. The smallest absolute Gasteiger partial charge is 0.104 e. The van der Waals surface area contributed by atoms with Gasteiger partial charge in [0.2, 0.25) is 0 Å². The minimum absolute atomic E-state index is 0.161. The molecule has 1 aromatic carbocycles. The van der Waals surface area contributed by atoms with Gasteiger partial charge in [-0.25, -0.2) is 4.99 Å². The summed E-state index contributed by atoms with van der Waals surface area (Å²) >= 11 is 0. The highest BCUT2D eigenvalue weighted by Crippen LogP contribution is 2.07. The highest BCUT2D eigenvalue weighted by molar-refractivity contribution is 5.58. The first-order valence-electron chi connectivity index (χ1n) is 3.15. The SMILES string of the molecule is [2H]C(N)=Nc1ccccc1. The summed E-state index contributed by atoms with van der Waals surface area (Å²) in [6.07, 6.45) is -0.161. The second-order valence-corrected chi connectivity index (χ2v) is 1.58. The lowest BCUT2D eigenvalue weighted by Gasteiger charge is -1.86. The second-order valence-electron chi connectivity index (χ2n) is 1.58. The van der Waals surface area contributed by atoms with Crippen molar-refractivity contribution in [2.75, 3.05) is 0 Å². The lowest BCUT2D eigenvalue weighted by molar-refractivity contribution is 1.52. The van der Waals surface area contributed by atoms with Crippen LogP contribution in [0, 0.1) is 0 Å². The first-order valence-corrected chi connectivity index (χ1v) is 2.65. The van der Waals surface area contributed by atoms with Gasteiger partial charge in [0.25, 0.3) is 0 Å². The van der Waals surface area contributed by atoms with Gasteiger partial charge < -0.3 is 5.73 Å². The van der Waals surface area contributed by atoms with Crippen LogP contribution in [0.3, 0.4) is 0 Å². The number of para-hydroxylation sites is 1. The van der Waals surface area contributed by atoms with E-state index in [1.54, 1.807) is 12.1 Å². The lowest BCUT2D eigenvalue weighted by Crippen LogP contribution is -1.85. The van der Waals surface area contributed by atoms with Crippen molar-refractivity contribution in [3.8, 4) is 0 Å². The van der Waals surface area contributed by atoms with Gasteiger partial charge >= 0.3 is 0 Å². The molecule has 0 atom stereocenters. The standard InChI is InChI=1S/C7H8N2/c8-6-9-7-4-2-1-3-5-7/h1-6H,(H2,8,9)/i6D. The number of amidine groups is 1. The summed E-state index contributed by atoms with van der Waals surface area (Å²) in [5.74, 6) is 0. The van der Waals surface area contributed by atoms with E-state index in [1.165, 1.54) is 0 Å².